The van der Waals surface area contributed by atoms with Crippen molar-refractivity contribution in [2.75, 3.05) is 6.61 Å². The number of para-hydroxylation sites is 3. The lowest BCUT2D eigenvalue weighted by Gasteiger charge is -2.11. The third kappa shape index (κ3) is 4.18. The van der Waals surface area contributed by atoms with Gasteiger partial charge in [-0.3, -0.25) is 4.79 Å². The first-order valence-electron chi connectivity index (χ1n) is 8.52. The van der Waals surface area contributed by atoms with E-state index in [9.17, 15) is 4.79 Å². The largest absolute Gasteiger partial charge is 0.493 e. The van der Waals surface area contributed by atoms with E-state index in [1.165, 1.54) is 6.92 Å². The molecular weight excluding hydrogens is 314 g/mol. The zero-order chi connectivity index (χ0) is 17.6. The number of carbonyl (C=O) groups excluding carboxylic acids is 1. The smallest absolute Gasteiger partial charge is 0.217 e. The molecule has 0 aliphatic rings. The Hall–Kier alpha value is -2.82. The summed E-state index contributed by atoms with van der Waals surface area (Å²) in [4.78, 5) is 15.9. The quantitative estimate of drug-likeness (QED) is 0.672. The van der Waals surface area contributed by atoms with Crippen LogP contribution < -0.4 is 10.1 Å². The van der Waals surface area contributed by atoms with Crippen LogP contribution in [0.3, 0.4) is 0 Å². The second-order valence-corrected chi connectivity index (χ2v) is 6.05. The number of benzene rings is 2. The number of aromatic nitrogens is 2. The molecule has 1 heterocycles. The zero-order valence-corrected chi connectivity index (χ0v) is 14.7. The molecule has 0 fully saturated rings. The average molecular weight is 337 g/mol. The summed E-state index contributed by atoms with van der Waals surface area (Å²) in [6.45, 7) is 5.42. The highest BCUT2D eigenvalue weighted by Crippen LogP contribution is 2.18. The molecule has 1 amide bonds. The maximum atomic E-state index is 11.2. The second kappa shape index (κ2) is 7.83. The molecule has 3 aromatic rings. The number of rotatable bonds is 7. The average Bonchev–Trinajstić information content (AvgIpc) is 2.96. The van der Waals surface area contributed by atoms with Crippen molar-refractivity contribution in [1.29, 1.82) is 0 Å². The summed E-state index contributed by atoms with van der Waals surface area (Å²) in [7, 11) is 0. The molecule has 0 atom stereocenters. The Morgan fingerprint density at radius 2 is 1.92 bits per heavy atom. The monoisotopic (exact) mass is 337 g/mol. The Labute approximate surface area is 147 Å². The molecule has 0 radical (unpaired) electrons. The highest BCUT2D eigenvalue weighted by Gasteiger charge is 2.10. The number of fused-ring (bicyclic) bond motifs is 1. The van der Waals surface area contributed by atoms with Crippen molar-refractivity contribution in [2.45, 2.75) is 33.4 Å². The van der Waals surface area contributed by atoms with Crippen LogP contribution in [0.5, 0.6) is 5.75 Å². The summed E-state index contributed by atoms with van der Waals surface area (Å²) < 4.78 is 8.04. The van der Waals surface area contributed by atoms with Gasteiger partial charge in [-0.05, 0) is 37.1 Å². The predicted molar refractivity (Wildman–Crippen MR) is 98.5 cm³/mol. The third-order valence-electron chi connectivity index (χ3n) is 4.11. The van der Waals surface area contributed by atoms with Crippen LogP contribution in [0.4, 0.5) is 0 Å². The van der Waals surface area contributed by atoms with E-state index in [-0.39, 0.29) is 5.91 Å². The van der Waals surface area contributed by atoms with Crippen molar-refractivity contribution >= 4 is 16.9 Å². The van der Waals surface area contributed by atoms with Gasteiger partial charge in [-0.25, -0.2) is 4.98 Å². The molecule has 0 spiro atoms. The van der Waals surface area contributed by atoms with Gasteiger partial charge in [0.05, 0.1) is 24.2 Å². The minimum atomic E-state index is -0.0542. The first-order valence-corrected chi connectivity index (χ1v) is 8.52. The molecule has 0 saturated heterocycles. The lowest BCUT2D eigenvalue weighted by Crippen LogP contribution is -2.22. The van der Waals surface area contributed by atoms with Crippen molar-refractivity contribution in [3.63, 3.8) is 0 Å². The lowest BCUT2D eigenvalue weighted by molar-refractivity contribution is -0.119. The number of carbonyl (C=O) groups is 1. The van der Waals surface area contributed by atoms with Gasteiger partial charge >= 0.3 is 0 Å². The van der Waals surface area contributed by atoms with Gasteiger partial charge < -0.3 is 14.6 Å². The summed E-state index contributed by atoms with van der Waals surface area (Å²) in [5, 5.41) is 2.83. The lowest BCUT2D eigenvalue weighted by atomic mass is 10.2. The van der Waals surface area contributed by atoms with Crippen LogP contribution in [0, 0.1) is 6.92 Å². The number of amides is 1. The Morgan fingerprint density at radius 1 is 1.16 bits per heavy atom. The van der Waals surface area contributed by atoms with E-state index in [1.807, 2.05) is 49.4 Å². The molecule has 2 aromatic carbocycles. The summed E-state index contributed by atoms with van der Waals surface area (Å²) >= 11 is 0. The van der Waals surface area contributed by atoms with E-state index >= 15 is 0 Å². The van der Waals surface area contributed by atoms with Gasteiger partial charge in [0.25, 0.3) is 0 Å². The number of imidazole rings is 1. The Balaban J connectivity index is 1.68. The van der Waals surface area contributed by atoms with Crippen LogP contribution in [0.2, 0.25) is 0 Å². The molecular formula is C20H23N3O2. The molecule has 0 bridgehead atoms. The molecule has 130 valence electrons. The van der Waals surface area contributed by atoms with Gasteiger partial charge in [0.1, 0.15) is 11.6 Å². The molecule has 5 nitrogen and oxygen atoms in total. The fourth-order valence-electron chi connectivity index (χ4n) is 2.84. The van der Waals surface area contributed by atoms with Crippen molar-refractivity contribution in [1.82, 2.24) is 14.9 Å². The Kier molecular flexibility index (Phi) is 5.33. The Morgan fingerprint density at radius 3 is 2.72 bits per heavy atom. The standard InChI is InChI=1S/C20H23N3O2/c1-15-8-3-6-11-19(15)25-13-7-12-23-18-10-5-4-9-17(18)22-20(23)14-21-16(2)24/h3-6,8-11H,7,12-14H2,1-2H3,(H,21,24). The normalized spacial score (nSPS) is 10.8. The van der Waals surface area contributed by atoms with Gasteiger partial charge in [0, 0.05) is 13.5 Å². The second-order valence-electron chi connectivity index (χ2n) is 6.05. The minimum absolute atomic E-state index is 0.0542. The van der Waals surface area contributed by atoms with Crippen LogP contribution in [0.25, 0.3) is 11.0 Å². The van der Waals surface area contributed by atoms with E-state index in [2.05, 4.69) is 20.9 Å². The molecule has 0 aliphatic carbocycles. The molecule has 25 heavy (non-hydrogen) atoms. The molecule has 1 aromatic heterocycles. The molecule has 1 N–H and O–H groups in total. The number of hydrogen-bond donors (Lipinski definition) is 1. The van der Waals surface area contributed by atoms with Crippen LogP contribution in [-0.2, 0) is 17.9 Å². The van der Waals surface area contributed by atoms with Gasteiger partial charge in [-0.1, -0.05) is 30.3 Å². The van der Waals surface area contributed by atoms with E-state index in [4.69, 9.17) is 4.74 Å². The van der Waals surface area contributed by atoms with E-state index in [1.54, 1.807) is 0 Å². The zero-order valence-electron chi connectivity index (χ0n) is 14.7. The van der Waals surface area contributed by atoms with Crippen LogP contribution in [-0.4, -0.2) is 22.1 Å². The maximum absolute atomic E-state index is 11.2. The number of ether oxygens (including phenoxy) is 1. The molecule has 3 rings (SSSR count). The number of nitrogens with zero attached hydrogens (tertiary/aromatic N) is 2. The van der Waals surface area contributed by atoms with Crippen molar-refractivity contribution in [2.24, 2.45) is 0 Å². The summed E-state index contributed by atoms with van der Waals surface area (Å²) in [6.07, 6.45) is 0.863. The summed E-state index contributed by atoms with van der Waals surface area (Å²) in [5.41, 5.74) is 3.17. The molecule has 0 saturated carbocycles. The minimum Gasteiger partial charge on any atom is -0.493 e. The van der Waals surface area contributed by atoms with Gasteiger partial charge in [0.2, 0.25) is 5.91 Å². The molecule has 0 unspecified atom stereocenters. The van der Waals surface area contributed by atoms with Crippen molar-refractivity contribution in [3.05, 3.63) is 59.9 Å². The fraction of sp³-hybridized carbons (Fsp3) is 0.300. The molecule has 0 aliphatic heterocycles. The predicted octanol–water partition coefficient (Wildman–Crippen LogP) is 3.45. The van der Waals surface area contributed by atoms with Gasteiger partial charge in [0.15, 0.2) is 0 Å². The number of hydrogen-bond acceptors (Lipinski definition) is 3. The molecule has 5 heteroatoms. The van der Waals surface area contributed by atoms with E-state index in [0.717, 1.165) is 41.1 Å². The third-order valence-corrected chi connectivity index (χ3v) is 4.11. The van der Waals surface area contributed by atoms with Crippen LogP contribution in [0.15, 0.2) is 48.5 Å². The first-order chi connectivity index (χ1) is 12.1. The summed E-state index contributed by atoms with van der Waals surface area (Å²) in [6, 6.07) is 16.1. The van der Waals surface area contributed by atoms with E-state index in [0.29, 0.717) is 13.2 Å². The summed E-state index contributed by atoms with van der Waals surface area (Å²) in [5.74, 6) is 1.74. The van der Waals surface area contributed by atoms with E-state index < -0.39 is 0 Å². The highest BCUT2D eigenvalue weighted by molar-refractivity contribution is 5.76. The van der Waals surface area contributed by atoms with Gasteiger partial charge in [-0.2, -0.15) is 0 Å². The van der Waals surface area contributed by atoms with Crippen LogP contribution >= 0.6 is 0 Å². The first kappa shape index (κ1) is 17.0. The number of nitrogens with one attached hydrogen (secondary N) is 1. The topological polar surface area (TPSA) is 56.2 Å². The highest BCUT2D eigenvalue weighted by atomic mass is 16.5. The van der Waals surface area contributed by atoms with Crippen molar-refractivity contribution < 1.29 is 9.53 Å². The van der Waals surface area contributed by atoms with Crippen LogP contribution in [0.1, 0.15) is 24.7 Å². The van der Waals surface area contributed by atoms with Crippen molar-refractivity contribution in [3.8, 4) is 5.75 Å². The maximum Gasteiger partial charge on any atom is 0.217 e. The Bertz CT molecular complexity index is 870. The fourth-order valence-corrected chi connectivity index (χ4v) is 2.84. The SMILES string of the molecule is CC(=O)NCc1nc2ccccc2n1CCCOc1ccccc1C. The van der Waals surface area contributed by atoms with Gasteiger partial charge in [-0.15, -0.1) is 0 Å². The number of aryl methyl sites for hydroxylation is 2.